The Balaban J connectivity index is 1.88. The molecule has 1 amide bonds. The van der Waals surface area contributed by atoms with Gasteiger partial charge in [-0.1, -0.05) is 27.2 Å². The van der Waals surface area contributed by atoms with Gasteiger partial charge in [-0.05, 0) is 48.3 Å². The lowest BCUT2D eigenvalue weighted by molar-refractivity contribution is 0.102. The van der Waals surface area contributed by atoms with Gasteiger partial charge >= 0.3 is 0 Å². The fraction of sp³-hybridized carbons (Fsp3) is 0.478. The molecule has 29 heavy (non-hydrogen) atoms. The normalized spacial score (nSPS) is 15.9. The molecule has 1 aliphatic carbocycles. The molecule has 1 heterocycles. The maximum absolute atomic E-state index is 12.9. The number of carbonyl (C=O) groups excluding carboxylic acids is 1. The zero-order valence-corrected chi connectivity index (χ0v) is 18.5. The van der Waals surface area contributed by atoms with E-state index in [0.717, 1.165) is 31.2 Å². The van der Waals surface area contributed by atoms with Gasteiger partial charge in [0.1, 0.15) is 22.6 Å². The Morgan fingerprint density at radius 2 is 1.93 bits per heavy atom. The number of ether oxygens (including phenoxy) is 2. The van der Waals surface area contributed by atoms with Crippen LogP contribution in [0, 0.1) is 22.7 Å². The van der Waals surface area contributed by atoms with Crippen LogP contribution in [0.4, 0.5) is 5.00 Å². The minimum Gasteiger partial charge on any atom is -0.497 e. The van der Waals surface area contributed by atoms with Crippen molar-refractivity contribution >= 4 is 22.2 Å². The highest BCUT2D eigenvalue weighted by molar-refractivity contribution is 7.16. The first-order chi connectivity index (χ1) is 13.8. The SMILES string of the molecule is CCC(C)(C)[C@H]1CCc2c(sc(NC(=O)c3cc(OC)cc(OC)c3)c2C#N)C1. The molecule has 0 aliphatic heterocycles. The average molecular weight is 413 g/mol. The molecular weight excluding hydrogens is 384 g/mol. The quantitative estimate of drug-likeness (QED) is 0.687. The van der Waals surface area contributed by atoms with E-state index in [4.69, 9.17) is 9.47 Å². The van der Waals surface area contributed by atoms with Crippen LogP contribution >= 0.6 is 11.3 Å². The molecule has 6 heteroatoms. The van der Waals surface area contributed by atoms with Crippen LogP contribution in [0.1, 0.15) is 60.0 Å². The number of hydrogen-bond acceptors (Lipinski definition) is 5. The van der Waals surface area contributed by atoms with Gasteiger partial charge in [0.15, 0.2) is 0 Å². The molecule has 1 aromatic heterocycles. The van der Waals surface area contributed by atoms with Gasteiger partial charge in [-0.2, -0.15) is 5.26 Å². The second-order valence-corrected chi connectivity index (χ2v) is 9.26. The molecule has 1 atom stereocenters. The summed E-state index contributed by atoms with van der Waals surface area (Å²) >= 11 is 1.54. The number of anilines is 1. The van der Waals surface area contributed by atoms with Crippen molar-refractivity contribution in [2.24, 2.45) is 11.3 Å². The first kappa shape index (κ1) is 21.2. The molecule has 1 N–H and O–H groups in total. The van der Waals surface area contributed by atoms with Crippen molar-refractivity contribution in [1.82, 2.24) is 0 Å². The minimum atomic E-state index is -0.275. The molecule has 1 aliphatic rings. The van der Waals surface area contributed by atoms with E-state index in [0.29, 0.717) is 33.5 Å². The number of methoxy groups -OCH3 is 2. The van der Waals surface area contributed by atoms with Crippen molar-refractivity contribution in [2.75, 3.05) is 19.5 Å². The number of thiophene rings is 1. The summed E-state index contributed by atoms with van der Waals surface area (Å²) in [5.41, 5.74) is 2.43. The Morgan fingerprint density at radius 1 is 1.28 bits per heavy atom. The number of benzene rings is 1. The number of fused-ring (bicyclic) bond motifs is 1. The topological polar surface area (TPSA) is 71.3 Å². The monoisotopic (exact) mass is 412 g/mol. The van der Waals surface area contributed by atoms with E-state index in [1.54, 1.807) is 43.8 Å². The molecule has 1 aromatic carbocycles. The van der Waals surface area contributed by atoms with Gasteiger partial charge in [-0.15, -0.1) is 11.3 Å². The molecule has 0 saturated carbocycles. The van der Waals surface area contributed by atoms with Gasteiger partial charge < -0.3 is 14.8 Å². The van der Waals surface area contributed by atoms with Crippen molar-refractivity contribution in [1.29, 1.82) is 5.26 Å². The Morgan fingerprint density at radius 3 is 2.48 bits per heavy atom. The molecule has 3 rings (SSSR count). The lowest BCUT2D eigenvalue weighted by atomic mass is 9.69. The van der Waals surface area contributed by atoms with Gasteiger partial charge in [0.2, 0.25) is 0 Å². The van der Waals surface area contributed by atoms with E-state index in [1.165, 1.54) is 4.88 Å². The van der Waals surface area contributed by atoms with Gasteiger partial charge in [-0.3, -0.25) is 4.79 Å². The molecule has 0 unspecified atom stereocenters. The standard InChI is InChI=1S/C23H28N2O3S/c1-6-23(2,3)15-7-8-18-19(13-24)22(29-20(18)11-15)25-21(26)14-9-16(27-4)12-17(10-14)28-5/h9-10,12,15H,6-8,11H2,1-5H3,(H,25,26)/t15-/m0/s1. The van der Waals surface area contributed by atoms with Crippen molar-refractivity contribution in [2.45, 2.75) is 46.5 Å². The number of hydrogen-bond donors (Lipinski definition) is 1. The fourth-order valence-electron chi connectivity index (χ4n) is 3.86. The van der Waals surface area contributed by atoms with Crippen LogP contribution in [0.3, 0.4) is 0 Å². The average Bonchev–Trinajstić information content (AvgIpc) is 3.09. The Labute approximate surface area is 176 Å². The first-order valence-electron chi connectivity index (χ1n) is 9.92. The third-order valence-corrected chi connectivity index (χ3v) is 7.40. The zero-order valence-electron chi connectivity index (χ0n) is 17.7. The summed E-state index contributed by atoms with van der Waals surface area (Å²) in [6.07, 6.45) is 4.08. The smallest absolute Gasteiger partial charge is 0.256 e. The van der Waals surface area contributed by atoms with Crippen LogP contribution < -0.4 is 14.8 Å². The lowest BCUT2D eigenvalue weighted by Gasteiger charge is -2.36. The number of nitrogens with zero attached hydrogens (tertiary/aromatic N) is 1. The molecule has 0 radical (unpaired) electrons. The molecule has 0 fully saturated rings. The summed E-state index contributed by atoms with van der Waals surface area (Å²) in [5, 5.41) is 13.3. The number of carbonyl (C=O) groups is 1. The predicted molar refractivity (Wildman–Crippen MR) is 116 cm³/mol. The van der Waals surface area contributed by atoms with E-state index in [1.807, 2.05) is 0 Å². The van der Waals surface area contributed by atoms with Crippen molar-refractivity contribution < 1.29 is 14.3 Å². The largest absolute Gasteiger partial charge is 0.497 e. The molecule has 2 aromatic rings. The van der Waals surface area contributed by atoms with Gasteiger partial charge in [0, 0.05) is 16.5 Å². The van der Waals surface area contributed by atoms with Crippen LogP contribution in [-0.2, 0) is 12.8 Å². The molecule has 5 nitrogen and oxygen atoms in total. The van der Waals surface area contributed by atoms with Crippen molar-refractivity contribution in [3.05, 3.63) is 39.8 Å². The molecular formula is C23H28N2O3S. The van der Waals surface area contributed by atoms with Crippen LogP contribution in [-0.4, -0.2) is 20.1 Å². The predicted octanol–water partition coefficient (Wildman–Crippen LogP) is 5.43. The van der Waals surface area contributed by atoms with Gasteiger partial charge in [-0.25, -0.2) is 0 Å². The van der Waals surface area contributed by atoms with Crippen molar-refractivity contribution in [3.8, 4) is 17.6 Å². The number of nitriles is 1. The third kappa shape index (κ3) is 4.25. The number of rotatable bonds is 6. The van der Waals surface area contributed by atoms with E-state index in [-0.39, 0.29) is 11.3 Å². The van der Waals surface area contributed by atoms with Crippen LogP contribution in [0.15, 0.2) is 18.2 Å². The van der Waals surface area contributed by atoms with Gasteiger partial charge in [0.25, 0.3) is 5.91 Å². The summed E-state index contributed by atoms with van der Waals surface area (Å²) < 4.78 is 10.5. The summed E-state index contributed by atoms with van der Waals surface area (Å²) in [7, 11) is 3.09. The third-order valence-electron chi connectivity index (χ3n) is 6.23. The second kappa shape index (κ2) is 8.46. The maximum atomic E-state index is 12.9. The zero-order chi connectivity index (χ0) is 21.2. The van der Waals surface area contributed by atoms with E-state index in [2.05, 4.69) is 32.2 Å². The molecule has 0 bridgehead atoms. The summed E-state index contributed by atoms with van der Waals surface area (Å²) in [6, 6.07) is 7.37. The van der Waals surface area contributed by atoms with E-state index in [9.17, 15) is 10.1 Å². The van der Waals surface area contributed by atoms with Crippen LogP contribution in [0.25, 0.3) is 0 Å². The summed E-state index contributed by atoms with van der Waals surface area (Å²) in [4.78, 5) is 14.1. The Bertz CT molecular complexity index is 934. The van der Waals surface area contributed by atoms with E-state index < -0.39 is 0 Å². The highest BCUT2D eigenvalue weighted by atomic mass is 32.1. The fourth-order valence-corrected chi connectivity index (χ4v) is 5.13. The highest BCUT2D eigenvalue weighted by Crippen LogP contribution is 2.45. The summed E-state index contributed by atoms with van der Waals surface area (Å²) in [6.45, 7) is 6.87. The first-order valence-corrected chi connectivity index (χ1v) is 10.7. The Hall–Kier alpha value is -2.52. The van der Waals surface area contributed by atoms with Crippen LogP contribution in [0.2, 0.25) is 0 Å². The molecule has 0 saturated heterocycles. The minimum absolute atomic E-state index is 0.273. The summed E-state index contributed by atoms with van der Waals surface area (Å²) in [5.74, 6) is 1.41. The highest BCUT2D eigenvalue weighted by Gasteiger charge is 2.34. The van der Waals surface area contributed by atoms with Crippen LogP contribution in [0.5, 0.6) is 11.5 Å². The molecule has 154 valence electrons. The number of nitrogens with one attached hydrogen (secondary N) is 1. The van der Waals surface area contributed by atoms with E-state index >= 15 is 0 Å². The second-order valence-electron chi connectivity index (χ2n) is 8.16. The Kier molecular flexibility index (Phi) is 6.18. The van der Waals surface area contributed by atoms with Gasteiger partial charge in [0.05, 0.1) is 19.8 Å². The maximum Gasteiger partial charge on any atom is 0.256 e. The lowest BCUT2D eigenvalue weighted by Crippen LogP contribution is -2.28. The molecule has 0 spiro atoms. The number of amides is 1. The van der Waals surface area contributed by atoms with Crippen molar-refractivity contribution in [3.63, 3.8) is 0 Å².